The van der Waals surface area contributed by atoms with Gasteiger partial charge in [-0.1, -0.05) is 41.6 Å². The number of benzene rings is 1. The third-order valence-electron chi connectivity index (χ3n) is 4.37. The summed E-state index contributed by atoms with van der Waals surface area (Å²) in [5, 5.41) is 3.50. The Hall–Kier alpha value is -1.90. The van der Waals surface area contributed by atoms with Gasteiger partial charge in [0.25, 0.3) is 0 Å². The smallest absolute Gasteiger partial charge is 0.244 e. The number of nitrogens with zero attached hydrogens (tertiary/aromatic N) is 2. The molecule has 2 aromatic rings. The molecule has 1 aromatic carbocycles. The van der Waals surface area contributed by atoms with Gasteiger partial charge < -0.3 is 5.32 Å². The van der Waals surface area contributed by atoms with Gasteiger partial charge in [-0.05, 0) is 37.5 Å². The first-order chi connectivity index (χ1) is 12.9. The Bertz CT molecular complexity index is 875. The summed E-state index contributed by atoms with van der Waals surface area (Å²) in [6.45, 7) is 3.65. The Morgan fingerprint density at radius 1 is 1.15 bits per heavy atom. The lowest BCUT2D eigenvalue weighted by atomic mass is 10.1. The molecule has 144 valence electrons. The highest BCUT2D eigenvalue weighted by Crippen LogP contribution is 2.22. The first-order valence-corrected chi connectivity index (χ1v) is 11.3. The highest BCUT2D eigenvalue weighted by molar-refractivity contribution is 7.99. The maximum absolute atomic E-state index is 12.5. The zero-order chi connectivity index (χ0) is 19.3. The fraction of sp³-hybridized carbons (Fsp3) is 0.368. The number of nitrogens with one attached hydrogen (secondary N) is 1. The molecule has 1 N–H and O–H groups in total. The average molecular weight is 406 g/mol. The predicted molar refractivity (Wildman–Crippen MR) is 106 cm³/mol. The van der Waals surface area contributed by atoms with Crippen molar-refractivity contribution in [2.75, 3.05) is 18.8 Å². The van der Waals surface area contributed by atoms with Crippen molar-refractivity contribution in [2.24, 2.45) is 0 Å². The molecule has 27 heavy (non-hydrogen) atoms. The lowest BCUT2D eigenvalue weighted by Crippen LogP contribution is -2.27. The molecule has 8 heteroatoms. The molecule has 0 spiro atoms. The van der Waals surface area contributed by atoms with Gasteiger partial charge in [0.15, 0.2) is 0 Å². The summed E-state index contributed by atoms with van der Waals surface area (Å²) in [6.07, 6.45) is 3.18. The van der Waals surface area contributed by atoms with E-state index >= 15 is 0 Å². The number of hydrogen-bond acceptors (Lipinski definition) is 5. The lowest BCUT2D eigenvalue weighted by Gasteiger charge is -2.15. The number of aryl methyl sites for hydroxylation is 1. The van der Waals surface area contributed by atoms with E-state index in [9.17, 15) is 13.2 Å². The van der Waals surface area contributed by atoms with Crippen molar-refractivity contribution in [3.05, 3.63) is 53.7 Å². The third kappa shape index (κ3) is 5.31. The van der Waals surface area contributed by atoms with Gasteiger partial charge in [-0.2, -0.15) is 4.31 Å². The fourth-order valence-corrected chi connectivity index (χ4v) is 4.91. The van der Waals surface area contributed by atoms with Crippen LogP contribution in [0.1, 0.15) is 24.0 Å². The molecule has 1 aliphatic rings. The van der Waals surface area contributed by atoms with Gasteiger partial charge in [0, 0.05) is 25.8 Å². The summed E-state index contributed by atoms with van der Waals surface area (Å²) in [5.41, 5.74) is 2.23. The number of rotatable bonds is 7. The minimum Gasteiger partial charge on any atom is -0.351 e. The van der Waals surface area contributed by atoms with Crippen LogP contribution < -0.4 is 5.32 Å². The molecule has 0 aliphatic carbocycles. The summed E-state index contributed by atoms with van der Waals surface area (Å²) in [7, 11) is -3.45. The largest absolute Gasteiger partial charge is 0.351 e. The normalized spacial score (nSPS) is 15.0. The number of amides is 1. The molecule has 3 rings (SSSR count). The summed E-state index contributed by atoms with van der Waals surface area (Å²) in [6, 6.07) is 11.2. The van der Waals surface area contributed by atoms with Gasteiger partial charge >= 0.3 is 0 Å². The summed E-state index contributed by atoms with van der Waals surface area (Å²) < 4.78 is 26.4. The molecule has 1 amide bonds. The predicted octanol–water partition coefficient (Wildman–Crippen LogP) is 2.58. The van der Waals surface area contributed by atoms with Gasteiger partial charge in [0.2, 0.25) is 15.9 Å². The summed E-state index contributed by atoms with van der Waals surface area (Å²) in [5.74, 6) is 0.146. The molecule has 0 radical (unpaired) electrons. The molecule has 0 atom stereocenters. The van der Waals surface area contributed by atoms with E-state index in [4.69, 9.17) is 0 Å². The van der Waals surface area contributed by atoms with Gasteiger partial charge in [-0.3, -0.25) is 4.79 Å². The van der Waals surface area contributed by atoms with Crippen LogP contribution in [0.2, 0.25) is 0 Å². The Morgan fingerprint density at radius 2 is 1.85 bits per heavy atom. The second-order valence-corrected chi connectivity index (χ2v) is 9.43. The minimum atomic E-state index is -3.45. The number of aromatic nitrogens is 1. The SMILES string of the molecule is Cc1ccc(CNC(=O)CSc2ccc(S(=O)(=O)N3CCCC3)cn2)cc1. The monoisotopic (exact) mass is 405 g/mol. The average Bonchev–Trinajstić information content (AvgIpc) is 3.22. The topological polar surface area (TPSA) is 79.4 Å². The van der Waals surface area contributed by atoms with E-state index in [-0.39, 0.29) is 16.6 Å². The molecule has 1 saturated heterocycles. The number of pyridine rings is 1. The number of sulfonamides is 1. The molecule has 0 unspecified atom stereocenters. The van der Waals surface area contributed by atoms with Crippen LogP contribution in [0.25, 0.3) is 0 Å². The van der Waals surface area contributed by atoms with Crippen LogP contribution in [-0.2, 0) is 21.4 Å². The van der Waals surface area contributed by atoms with Crippen molar-refractivity contribution in [3.63, 3.8) is 0 Å². The van der Waals surface area contributed by atoms with E-state index in [1.165, 1.54) is 27.8 Å². The molecular formula is C19H23N3O3S2. The molecule has 1 fully saturated rings. The molecule has 0 bridgehead atoms. The van der Waals surface area contributed by atoms with Crippen molar-refractivity contribution in [1.29, 1.82) is 0 Å². The molecule has 1 aromatic heterocycles. The first-order valence-electron chi connectivity index (χ1n) is 8.86. The second kappa shape index (κ2) is 8.86. The van der Waals surface area contributed by atoms with Gasteiger partial charge in [0.1, 0.15) is 4.90 Å². The van der Waals surface area contributed by atoms with E-state index < -0.39 is 10.0 Å². The van der Waals surface area contributed by atoms with E-state index in [0.29, 0.717) is 24.7 Å². The molecule has 0 saturated carbocycles. The highest BCUT2D eigenvalue weighted by atomic mass is 32.2. The Balaban J connectivity index is 1.49. The Morgan fingerprint density at radius 3 is 2.48 bits per heavy atom. The summed E-state index contributed by atoms with van der Waals surface area (Å²) >= 11 is 1.29. The number of carbonyl (C=O) groups excluding carboxylic acids is 1. The van der Waals surface area contributed by atoms with Crippen molar-refractivity contribution < 1.29 is 13.2 Å². The van der Waals surface area contributed by atoms with E-state index in [0.717, 1.165) is 18.4 Å². The van der Waals surface area contributed by atoms with E-state index in [1.54, 1.807) is 12.1 Å². The second-order valence-electron chi connectivity index (χ2n) is 6.49. The molecular weight excluding hydrogens is 382 g/mol. The Labute approximate surface area is 164 Å². The van der Waals surface area contributed by atoms with Crippen LogP contribution in [0, 0.1) is 6.92 Å². The van der Waals surface area contributed by atoms with Gasteiger partial charge in [-0.25, -0.2) is 13.4 Å². The molecule has 2 heterocycles. The van der Waals surface area contributed by atoms with Crippen molar-refractivity contribution in [3.8, 4) is 0 Å². The zero-order valence-electron chi connectivity index (χ0n) is 15.2. The number of carbonyl (C=O) groups is 1. The van der Waals surface area contributed by atoms with Crippen LogP contribution in [-0.4, -0.2) is 42.5 Å². The van der Waals surface area contributed by atoms with E-state index in [2.05, 4.69) is 10.3 Å². The molecule has 1 aliphatic heterocycles. The Kier molecular flexibility index (Phi) is 6.51. The van der Waals surface area contributed by atoms with Crippen molar-refractivity contribution >= 4 is 27.7 Å². The molecule has 6 nitrogen and oxygen atoms in total. The van der Waals surface area contributed by atoms with Crippen LogP contribution >= 0.6 is 11.8 Å². The van der Waals surface area contributed by atoms with Crippen LogP contribution in [0.5, 0.6) is 0 Å². The maximum atomic E-state index is 12.5. The standard InChI is InChI=1S/C19H23N3O3S2/c1-15-4-6-16(7-5-15)12-20-18(23)14-26-19-9-8-17(13-21-19)27(24,25)22-10-2-3-11-22/h4-9,13H,2-3,10-12,14H2,1H3,(H,20,23). The zero-order valence-corrected chi connectivity index (χ0v) is 16.9. The quantitative estimate of drug-likeness (QED) is 0.716. The minimum absolute atomic E-state index is 0.0869. The van der Waals surface area contributed by atoms with E-state index in [1.807, 2.05) is 31.2 Å². The van der Waals surface area contributed by atoms with Crippen LogP contribution in [0.15, 0.2) is 52.5 Å². The van der Waals surface area contributed by atoms with Gasteiger partial charge in [-0.15, -0.1) is 0 Å². The van der Waals surface area contributed by atoms with Gasteiger partial charge in [0.05, 0.1) is 10.8 Å². The van der Waals surface area contributed by atoms with Crippen LogP contribution in [0.3, 0.4) is 0 Å². The first kappa shape index (κ1) is 19.9. The number of hydrogen-bond donors (Lipinski definition) is 1. The van der Waals surface area contributed by atoms with Crippen LogP contribution in [0.4, 0.5) is 0 Å². The number of thioether (sulfide) groups is 1. The maximum Gasteiger partial charge on any atom is 0.244 e. The fourth-order valence-electron chi connectivity index (χ4n) is 2.78. The summed E-state index contributed by atoms with van der Waals surface area (Å²) in [4.78, 5) is 16.4. The van der Waals surface area contributed by atoms with Crippen molar-refractivity contribution in [1.82, 2.24) is 14.6 Å². The van der Waals surface area contributed by atoms with Crippen molar-refractivity contribution in [2.45, 2.75) is 36.2 Å². The third-order valence-corrected chi connectivity index (χ3v) is 7.20. The highest BCUT2D eigenvalue weighted by Gasteiger charge is 2.27. The lowest BCUT2D eigenvalue weighted by molar-refractivity contribution is -0.118.